The van der Waals surface area contributed by atoms with E-state index in [9.17, 15) is 0 Å². The monoisotopic (exact) mass is 257 g/mol. The average molecular weight is 257 g/mol. The Morgan fingerprint density at radius 3 is 2.63 bits per heavy atom. The Balaban J connectivity index is 2.21. The number of fused-ring (bicyclic) bond motifs is 1. The third kappa shape index (κ3) is 2.94. The maximum atomic E-state index is 5.90. The Morgan fingerprint density at radius 1 is 1.21 bits per heavy atom. The van der Waals surface area contributed by atoms with Crippen LogP contribution in [-0.2, 0) is 6.54 Å². The molecule has 2 N–H and O–H groups in total. The zero-order chi connectivity index (χ0) is 13.9. The predicted octanol–water partition coefficient (Wildman–Crippen LogP) is 2.79. The molecule has 0 bridgehead atoms. The van der Waals surface area contributed by atoms with Crippen LogP contribution in [0.1, 0.15) is 26.0 Å². The highest BCUT2D eigenvalue weighted by atomic mass is 15.2. The summed E-state index contributed by atoms with van der Waals surface area (Å²) in [5.41, 5.74) is 8.08. The van der Waals surface area contributed by atoms with Gasteiger partial charge in [-0.2, -0.15) is 0 Å². The van der Waals surface area contributed by atoms with Gasteiger partial charge in [-0.1, -0.05) is 31.2 Å². The van der Waals surface area contributed by atoms with Crippen LogP contribution >= 0.6 is 0 Å². The number of rotatable bonds is 5. The van der Waals surface area contributed by atoms with Crippen molar-refractivity contribution in [1.29, 1.82) is 0 Å². The van der Waals surface area contributed by atoms with Crippen LogP contribution < -0.4 is 5.73 Å². The van der Waals surface area contributed by atoms with Crippen molar-refractivity contribution in [2.45, 2.75) is 32.4 Å². The molecule has 0 saturated carbocycles. The summed E-state index contributed by atoms with van der Waals surface area (Å²) in [5, 5.41) is 1.19. The molecule has 0 aliphatic rings. The molecule has 19 heavy (non-hydrogen) atoms. The molecule has 1 unspecified atom stereocenters. The lowest BCUT2D eigenvalue weighted by Crippen LogP contribution is -2.48. The molecule has 0 spiro atoms. The van der Waals surface area contributed by atoms with E-state index >= 15 is 0 Å². The molecule has 102 valence electrons. The van der Waals surface area contributed by atoms with Crippen LogP contribution in [0.3, 0.4) is 0 Å². The fraction of sp³-hybridized carbons (Fsp3) is 0.438. The largest absolute Gasteiger partial charge is 0.329 e. The van der Waals surface area contributed by atoms with Gasteiger partial charge in [0.05, 0.1) is 11.2 Å². The maximum absolute atomic E-state index is 5.90. The highest BCUT2D eigenvalue weighted by Crippen LogP contribution is 2.19. The molecule has 1 aromatic heterocycles. The highest BCUT2D eigenvalue weighted by molar-refractivity contribution is 5.78. The van der Waals surface area contributed by atoms with Crippen LogP contribution in [-0.4, -0.2) is 29.0 Å². The number of benzene rings is 1. The number of para-hydroxylation sites is 1. The molecule has 0 aliphatic heterocycles. The minimum absolute atomic E-state index is 0.0350. The van der Waals surface area contributed by atoms with Gasteiger partial charge in [-0.15, -0.1) is 0 Å². The SMILES string of the molecule is CCC(C)(CN)N(C)Cc1ccc2ccccc2n1. The van der Waals surface area contributed by atoms with Crippen LogP contribution in [0, 0.1) is 0 Å². The quantitative estimate of drug-likeness (QED) is 0.895. The molecule has 1 atom stereocenters. The van der Waals surface area contributed by atoms with E-state index < -0.39 is 0 Å². The number of nitrogens with two attached hydrogens (primary N) is 1. The number of pyridine rings is 1. The van der Waals surface area contributed by atoms with Gasteiger partial charge in [0.1, 0.15) is 0 Å². The lowest BCUT2D eigenvalue weighted by molar-refractivity contribution is 0.130. The Bertz CT molecular complexity index is 546. The molecule has 2 aromatic rings. The van der Waals surface area contributed by atoms with Crippen LogP contribution in [0.4, 0.5) is 0 Å². The van der Waals surface area contributed by atoms with E-state index in [1.165, 1.54) is 5.39 Å². The predicted molar refractivity (Wildman–Crippen MR) is 81.0 cm³/mol. The van der Waals surface area contributed by atoms with Crippen LogP contribution in [0.25, 0.3) is 10.9 Å². The van der Waals surface area contributed by atoms with E-state index in [0.29, 0.717) is 6.54 Å². The molecule has 0 aliphatic carbocycles. The van der Waals surface area contributed by atoms with E-state index in [4.69, 9.17) is 10.7 Å². The van der Waals surface area contributed by atoms with Crippen LogP contribution in [0.15, 0.2) is 36.4 Å². The first-order valence-electron chi connectivity index (χ1n) is 6.85. The number of nitrogens with zero attached hydrogens (tertiary/aromatic N) is 2. The van der Waals surface area contributed by atoms with Crippen LogP contribution in [0.5, 0.6) is 0 Å². The van der Waals surface area contributed by atoms with Gasteiger partial charge in [-0.25, -0.2) is 0 Å². The van der Waals surface area contributed by atoms with Crippen molar-refractivity contribution in [2.75, 3.05) is 13.6 Å². The zero-order valence-corrected chi connectivity index (χ0v) is 12.1. The number of aromatic nitrogens is 1. The lowest BCUT2D eigenvalue weighted by atomic mass is 9.97. The van der Waals surface area contributed by atoms with Gasteiger partial charge >= 0.3 is 0 Å². The first kappa shape index (κ1) is 14.0. The second-order valence-corrected chi connectivity index (χ2v) is 5.41. The lowest BCUT2D eigenvalue weighted by Gasteiger charge is -2.37. The van der Waals surface area contributed by atoms with E-state index in [1.54, 1.807) is 0 Å². The summed E-state index contributed by atoms with van der Waals surface area (Å²) in [5.74, 6) is 0. The van der Waals surface area contributed by atoms with Gasteiger partial charge in [-0.3, -0.25) is 9.88 Å². The van der Waals surface area contributed by atoms with Crippen LogP contribution in [0.2, 0.25) is 0 Å². The minimum Gasteiger partial charge on any atom is -0.329 e. The average Bonchev–Trinajstić information content (AvgIpc) is 2.46. The van der Waals surface area contributed by atoms with Gasteiger partial charge in [0.25, 0.3) is 0 Å². The van der Waals surface area contributed by atoms with Gasteiger partial charge in [-0.05, 0) is 32.5 Å². The molecular weight excluding hydrogens is 234 g/mol. The van der Waals surface area contributed by atoms with Crippen molar-refractivity contribution >= 4 is 10.9 Å². The second kappa shape index (κ2) is 5.68. The minimum atomic E-state index is 0.0350. The summed E-state index contributed by atoms with van der Waals surface area (Å²) < 4.78 is 0. The molecule has 3 nitrogen and oxygen atoms in total. The van der Waals surface area contributed by atoms with Gasteiger partial charge in [0.15, 0.2) is 0 Å². The summed E-state index contributed by atoms with van der Waals surface area (Å²) >= 11 is 0. The summed E-state index contributed by atoms with van der Waals surface area (Å²) in [6, 6.07) is 12.5. The highest BCUT2D eigenvalue weighted by Gasteiger charge is 2.25. The molecule has 0 fully saturated rings. The third-order valence-corrected chi connectivity index (χ3v) is 4.18. The molecule has 1 aromatic carbocycles. The number of hydrogen-bond acceptors (Lipinski definition) is 3. The van der Waals surface area contributed by atoms with Crippen molar-refractivity contribution < 1.29 is 0 Å². The zero-order valence-electron chi connectivity index (χ0n) is 12.1. The summed E-state index contributed by atoms with van der Waals surface area (Å²) in [6.45, 7) is 5.87. The summed E-state index contributed by atoms with van der Waals surface area (Å²) in [4.78, 5) is 7.01. The summed E-state index contributed by atoms with van der Waals surface area (Å²) in [6.07, 6.45) is 1.04. The number of likely N-dealkylation sites (N-methyl/N-ethyl adjacent to an activating group) is 1. The first-order valence-corrected chi connectivity index (χ1v) is 6.85. The molecule has 2 rings (SSSR count). The molecular formula is C16H23N3. The fourth-order valence-corrected chi connectivity index (χ4v) is 2.20. The van der Waals surface area contributed by atoms with Crippen molar-refractivity contribution in [2.24, 2.45) is 5.73 Å². The molecule has 3 heteroatoms. The second-order valence-electron chi connectivity index (χ2n) is 5.41. The van der Waals surface area contributed by atoms with E-state index in [1.807, 2.05) is 12.1 Å². The third-order valence-electron chi connectivity index (χ3n) is 4.18. The van der Waals surface area contributed by atoms with E-state index in [0.717, 1.165) is 24.2 Å². The van der Waals surface area contributed by atoms with Crippen molar-refractivity contribution in [3.8, 4) is 0 Å². The number of hydrogen-bond donors (Lipinski definition) is 1. The van der Waals surface area contributed by atoms with E-state index in [-0.39, 0.29) is 5.54 Å². The van der Waals surface area contributed by atoms with Gasteiger partial charge in [0.2, 0.25) is 0 Å². The van der Waals surface area contributed by atoms with E-state index in [2.05, 4.69) is 50.1 Å². The standard InChI is InChI=1S/C16H23N3/c1-4-16(2,12-17)19(3)11-14-10-9-13-7-5-6-8-15(13)18-14/h5-10H,4,11-12,17H2,1-3H3. The fourth-order valence-electron chi connectivity index (χ4n) is 2.20. The molecule has 0 saturated heterocycles. The van der Waals surface area contributed by atoms with Crippen molar-refractivity contribution in [3.63, 3.8) is 0 Å². The normalized spacial score (nSPS) is 14.8. The molecule has 0 radical (unpaired) electrons. The maximum Gasteiger partial charge on any atom is 0.0705 e. The van der Waals surface area contributed by atoms with Gasteiger partial charge < -0.3 is 5.73 Å². The van der Waals surface area contributed by atoms with Crippen molar-refractivity contribution in [1.82, 2.24) is 9.88 Å². The first-order chi connectivity index (χ1) is 9.09. The Kier molecular flexibility index (Phi) is 4.17. The Labute approximate surface area is 115 Å². The Morgan fingerprint density at radius 2 is 1.95 bits per heavy atom. The molecule has 0 amide bonds. The van der Waals surface area contributed by atoms with Crippen molar-refractivity contribution in [3.05, 3.63) is 42.1 Å². The Hall–Kier alpha value is -1.45. The smallest absolute Gasteiger partial charge is 0.0705 e. The topological polar surface area (TPSA) is 42.1 Å². The van der Waals surface area contributed by atoms with Gasteiger partial charge in [0, 0.05) is 24.0 Å². The summed E-state index contributed by atoms with van der Waals surface area (Å²) in [7, 11) is 2.12. The molecule has 1 heterocycles.